The van der Waals surface area contributed by atoms with E-state index < -0.39 is 61.1 Å². The van der Waals surface area contributed by atoms with E-state index in [1.54, 1.807) is 91.0 Å². The second-order valence-electron chi connectivity index (χ2n) is 11.4. The number of carboxylic acid groups (broad SMARTS) is 5. The molecule has 0 aliphatic carbocycles. The standard InChI is InChI=1S/C35H41N3O10/c39-31(40)23-37(29(34(45)46)21-26-12-6-2-7-13-26)18-16-36(28(33(43)44)20-25-10-4-1-5-11-25)17-19-38(24-32(41)42)30(35(47)48)22-27-14-8-3-9-15-27/h1-15,28-30H,16-24H2,(H,39,40)(H,41,42)(H,43,44)(H,45,46)(H,47,48). The van der Waals surface area contributed by atoms with Gasteiger partial charge in [0.15, 0.2) is 0 Å². The highest BCUT2D eigenvalue weighted by atomic mass is 16.4. The van der Waals surface area contributed by atoms with Crippen LogP contribution < -0.4 is 0 Å². The van der Waals surface area contributed by atoms with Gasteiger partial charge in [-0.15, -0.1) is 0 Å². The first-order chi connectivity index (χ1) is 22.9. The molecule has 3 unspecified atom stereocenters. The molecule has 0 amide bonds. The topological polar surface area (TPSA) is 196 Å². The Balaban J connectivity index is 1.93. The number of nitrogens with zero attached hydrogens (tertiary/aromatic N) is 3. The van der Waals surface area contributed by atoms with Crippen LogP contribution in [0, 0.1) is 0 Å². The molecule has 0 spiro atoms. The van der Waals surface area contributed by atoms with Gasteiger partial charge in [-0.3, -0.25) is 38.7 Å². The van der Waals surface area contributed by atoms with E-state index in [9.17, 15) is 49.5 Å². The fraction of sp³-hybridized carbons (Fsp3) is 0.343. The first kappa shape index (κ1) is 37.3. The first-order valence-electron chi connectivity index (χ1n) is 15.4. The van der Waals surface area contributed by atoms with Crippen molar-refractivity contribution >= 4 is 29.8 Å². The van der Waals surface area contributed by atoms with Crippen molar-refractivity contribution in [3.8, 4) is 0 Å². The second-order valence-corrected chi connectivity index (χ2v) is 11.4. The molecule has 0 aliphatic heterocycles. The fourth-order valence-corrected chi connectivity index (χ4v) is 5.60. The molecule has 13 heteroatoms. The van der Waals surface area contributed by atoms with Gasteiger partial charge in [0.05, 0.1) is 13.1 Å². The molecule has 0 heterocycles. The summed E-state index contributed by atoms with van der Waals surface area (Å²) in [6, 6.07) is 22.5. The van der Waals surface area contributed by atoms with Crippen molar-refractivity contribution < 1.29 is 49.5 Å². The molecule has 256 valence electrons. The van der Waals surface area contributed by atoms with E-state index in [1.165, 1.54) is 14.7 Å². The Bertz CT molecular complexity index is 1410. The lowest BCUT2D eigenvalue weighted by atomic mass is 10.0. The predicted molar refractivity (Wildman–Crippen MR) is 175 cm³/mol. The molecule has 0 saturated heterocycles. The highest BCUT2D eigenvalue weighted by Crippen LogP contribution is 2.16. The molecule has 3 aromatic rings. The largest absolute Gasteiger partial charge is 0.480 e. The third-order valence-corrected chi connectivity index (χ3v) is 8.02. The van der Waals surface area contributed by atoms with Gasteiger partial charge in [0.1, 0.15) is 18.1 Å². The van der Waals surface area contributed by atoms with Gasteiger partial charge in [0, 0.05) is 26.2 Å². The Labute approximate surface area is 278 Å². The van der Waals surface area contributed by atoms with E-state index in [-0.39, 0.29) is 45.4 Å². The van der Waals surface area contributed by atoms with E-state index in [4.69, 9.17) is 0 Å². The molecular weight excluding hydrogens is 622 g/mol. The Morgan fingerprint density at radius 2 is 0.667 bits per heavy atom. The van der Waals surface area contributed by atoms with Crippen LogP contribution in [0.4, 0.5) is 0 Å². The average molecular weight is 664 g/mol. The molecule has 0 aliphatic rings. The minimum absolute atomic E-state index is 0.00198. The van der Waals surface area contributed by atoms with Crippen LogP contribution in [0.3, 0.4) is 0 Å². The van der Waals surface area contributed by atoms with Crippen molar-refractivity contribution in [1.29, 1.82) is 0 Å². The van der Waals surface area contributed by atoms with Gasteiger partial charge in [0.2, 0.25) is 0 Å². The molecule has 3 rings (SSSR count). The van der Waals surface area contributed by atoms with Gasteiger partial charge >= 0.3 is 29.8 Å². The lowest BCUT2D eigenvalue weighted by Crippen LogP contribution is -2.54. The maximum atomic E-state index is 12.7. The summed E-state index contributed by atoms with van der Waals surface area (Å²) in [7, 11) is 0. The Hall–Kier alpha value is -5.11. The van der Waals surface area contributed by atoms with Gasteiger partial charge in [-0.05, 0) is 36.0 Å². The summed E-state index contributed by atoms with van der Waals surface area (Å²) in [5.41, 5.74) is 2.04. The van der Waals surface area contributed by atoms with Crippen LogP contribution in [0.25, 0.3) is 0 Å². The highest BCUT2D eigenvalue weighted by molar-refractivity contribution is 5.77. The van der Waals surface area contributed by atoms with Crippen LogP contribution in [-0.2, 0) is 43.2 Å². The number of aliphatic carboxylic acids is 5. The van der Waals surface area contributed by atoms with Crippen LogP contribution in [-0.4, -0.2) is 127 Å². The maximum absolute atomic E-state index is 12.7. The monoisotopic (exact) mass is 663 g/mol. The second kappa shape index (κ2) is 18.9. The number of hydrogen-bond acceptors (Lipinski definition) is 8. The molecule has 3 atom stereocenters. The summed E-state index contributed by atoms with van der Waals surface area (Å²) in [5.74, 6) is -6.23. The van der Waals surface area contributed by atoms with Gasteiger partial charge in [0.25, 0.3) is 0 Å². The molecular formula is C35H41N3O10. The molecule has 3 aromatic carbocycles. The van der Waals surface area contributed by atoms with E-state index >= 15 is 0 Å². The zero-order chi connectivity index (χ0) is 35.1. The molecule has 0 bridgehead atoms. The third-order valence-electron chi connectivity index (χ3n) is 8.02. The van der Waals surface area contributed by atoms with Crippen molar-refractivity contribution in [1.82, 2.24) is 14.7 Å². The quantitative estimate of drug-likeness (QED) is 0.105. The molecule has 0 fully saturated rings. The average Bonchev–Trinajstić information content (AvgIpc) is 3.05. The number of hydrogen-bond donors (Lipinski definition) is 5. The van der Waals surface area contributed by atoms with E-state index in [1.807, 2.05) is 0 Å². The molecule has 13 nitrogen and oxygen atoms in total. The summed E-state index contributed by atoms with van der Waals surface area (Å²) >= 11 is 0. The van der Waals surface area contributed by atoms with Crippen molar-refractivity contribution in [2.24, 2.45) is 0 Å². The Kier molecular flexibility index (Phi) is 14.7. The zero-order valence-electron chi connectivity index (χ0n) is 26.4. The van der Waals surface area contributed by atoms with Crippen LogP contribution in [0.15, 0.2) is 91.0 Å². The first-order valence-corrected chi connectivity index (χ1v) is 15.4. The van der Waals surface area contributed by atoms with Crippen LogP contribution in [0.1, 0.15) is 16.7 Å². The predicted octanol–water partition coefficient (Wildman–Crippen LogP) is 2.15. The molecule has 0 radical (unpaired) electrons. The lowest BCUT2D eigenvalue weighted by Gasteiger charge is -2.35. The summed E-state index contributed by atoms with van der Waals surface area (Å²) < 4.78 is 0. The third kappa shape index (κ3) is 12.2. The number of carboxylic acids is 5. The minimum Gasteiger partial charge on any atom is -0.480 e. The summed E-state index contributed by atoms with van der Waals surface area (Å²) in [5, 5.41) is 49.9. The van der Waals surface area contributed by atoms with Crippen molar-refractivity contribution in [2.75, 3.05) is 39.3 Å². The SMILES string of the molecule is O=C(O)CN(CCN(CCN(CC(=O)O)C(Cc1ccccc1)C(=O)O)C(Cc1ccccc1)C(=O)O)C(Cc1ccccc1)C(=O)O. The zero-order valence-corrected chi connectivity index (χ0v) is 26.4. The van der Waals surface area contributed by atoms with Crippen LogP contribution in [0.2, 0.25) is 0 Å². The Morgan fingerprint density at radius 1 is 0.417 bits per heavy atom. The normalized spacial score (nSPS) is 13.2. The molecule has 48 heavy (non-hydrogen) atoms. The summed E-state index contributed by atoms with van der Waals surface area (Å²) in [4.78, 5) is 65.3. The van der Waals surface area contributed by atoms with Crippen molar-refractivity contribution in [3.05, 3.63) is 108 Å². The maximum Gasteiger partial charge on any atom is 0.321 e. The van der Waals surface area contributed by atoms with Gasteiger partial charge in [-0.25, -0.2) is 0 Å². The Morgan fingerprint density at radius 3 is 0.917 bits per heavy atom. The van der Waals surface area contributed by atoms with Crippen molar-refractivity contribution in [2.45, 2.75) is 37.4 Å². The summed E-state index contributed by atoms with van der Waals surface area (Å²) in [6.07, 6.45) is 0.0385. The van der Waals surface area contributed by atoms with Crippen LogP contribution in [0.5, 0.6) is 0 Å². The summed E-state index contributed by atoms with van der Waals surface area (Å²) in [6.45, 7) is -1.77. The van der Waals surface area contributed by atoms with Gasteiger partial charge in [-0.2, -0.15) is 0 Å². The van der Waals surface area contributed by atoms with E-state index in [0.717, 1.165) is 0 Å². The molecule has 0 aromatic heterocycles. The number of benzene rings is 3. The van der Waals surface area contributed by atoms with E-state index in [0.29, 0.717) is 16.7 Å². The van der Waals surface area contributed by atoms with Gasteiger partial charge in [-0.1, -0.05) is 91.0 Å². The number of rotatable bonds is 22. The van der Waals surface area contributed by atoms with Crippen molar-refractivity contribution in [3.63, 3.8) is 0 Å². The van der Waals surface area contributed by atoms with Gasteiger partial charge < -0.3 is 25.5 Å². The molecule has 5 N–H and O–H groups in total. The lowest BCUT2D eigenvalue weighted by molar-refractivity contribution is -0.148. The fourth-order valence-electron chi connectivity index (χ4n) is 5.60. The number of carbonyl (C=O) groups is 5. The van der Waals surface area contributed by atoms with E-state index in [2.05, 4.69) is 0 Å². The minimum atomic E-state index is -1.27. The smallest absolute Gasteiger partial charge is 0.321 e. The highest BCUT2D eigenvalue weighted by Gasteiger charge is 2.33. The van der Waals surface area contributed by atoms with Crippen LogP contribution >= 0.6 is 0 Å². The molecule has 0 saturated carbocycles.